The molecule has 0 spiro atoms. The first-order valence-corrected chi connectivity index (χ1v) is 14.0. The topological polar surface area (TPSA) is 122 Å². The molecule has 2 fully saturated rings. The van der Waals surface area contributed by atoms with E-state index in [-0.39, 0.29) is 12.2 Å². The van der Waals surface area contributed by atoms with E-state index in [1.807, 2.05) is 18.2 Å². The van der Waals surface area contributed by atoms with Gasteiger partial charge in [0.1, 0.15) is 25.4 Å². The van der Waals surface area contributed by atoms with Crippen LogP contribution < -0.4 is 26.7 Å². The van der Waals surface area contributed by atoms with Gasteiger partial charge in [0, 0.05) is 0 Å². The first-order chi connectivity index (χ1) is 19.0. The Bertz CT molecular complexity index is 1430. The molecule has 0 aromatic heterocycles. The van der Waals surface area contributed by atoms with Crippen LogP contribution in [0.5, 0.6) is 11.5 Å². The highest BCUT2D eigenvalue weighted by Crippen LogP contribution is 2.57. The molecule has 7 rings (SSSR count). The zero-order chi connectivity index (χ0) is 26.7. The molecule has 2 unspecified atom stereocenters. The van der Waals surface area contributed by atoms with Gasteiger partial charge in [-0.15, -0.1) is 0 Å². The van der Waals surface area contributed by atoms with Crippen LogP contribution in [0.3, 0.4) is 0 Å². The fraction of sp³-hybridized carbons (Fsp3) is 0.226. The summed E-state index contributed by atoms with van der Waals surface area (Å²) in [4.78, 5) is 0. The van der Waals surface area contributed by atoms with Gasteiger partial charge in [0.15, 0.2) is 11.5 Å². The minimum absolute atomic E-state index is 0.0978. The highest BCUT2D eigenvalue weighted by atomic mass is 127. The van der Waals surface area contributed by atoms with E-state index in [1.165, 1.54) is 0 Å². The summed E-state index contributed by atoms with van der Waals surface area (Å²) in [6, 6.07) is 25.1. The monoisotopic (exact) mass is 633 g/mol. The predicted octanol–water partition coefficient (Wildman–Crippen LogP) is 4.96. The number of epoxide rings is 2. The van der Waals surface area contributed by atoms with Gasteiger partial charge >= 0.3 is 0 Å². The molecule has 2 saturated heterocycles. The van der Waals surface area contributed by atoms with E-state index in [9.17, 15) is 0 Å². The third-order valence-electron chi connectivity index (χ3n) is 7.67. The first-order valence-electron chi connectivity index (χ1n) is 12.9. The standard InChI is InChI=1S/C31H28IN3O4/c32-25-9-17(10-26(33)29(25)38-15-19-13-36-19)31(18-11-27(34)30(28(35)12-18)39-16-20-14-37-20)23-7-3-1-5-21(23)22-6-2-4-8-24(22)31/h1-12,19-20H,13-16,33-35H2. The van der Waals surface area contributed by atoms with E-state index in [2.05, 4.69) is 77.2 Å². The molecular formula is C31H28IN3O4. The summed E-state index contributed by atoms with van der Waals surface area (Å²) in [5, 5.41) is 0. The maximum atomic E-state index is 6.68. The summed E-state index contributed by atoms with van der Waals surface area (Å²) >= 11 is 2.31. The average Bonchev–Trinajstić information content (AvgIpc) is 3.86. The minimum atomic E-state index is -0.709. The number of rotatable bonds is 8. The van der Waals surface area contributed by atoms with Crippen LogP contribution in [0.15, 0.2) is 72.8 Å². The van der Waals surface area contributed by atoms with Crippen LogP contribution in [0, 0.1) is 3.57 Å². The quantitative estimate of drug-likeness (QED) is 0.126. The molecule has 4 aromatic carbocycles. The number of nitrogen functional groups attached to an aromatic ring is 3. The number of ether oxygens (including phenoxy) is 4. The maximum Gasteiger partial charge on any atom is 0.165 e. The molecule has 39 heavy (non-hydrogen) atoms. The Morgan fingerprint density at radius 1 is 0.692 bits per heavy atom. The van der Waals surface area contributed by atoms with Crippen LogP contribution >= 0.6 is 22.6 Å². The first kappa shape index (κ1) is 24.6. The third kappa shape index (κ3) is 4.09. The number of fused-ring (bicyclic) bond motifs is 3. The Morgan fingerprint density at radius 2 is 1.13 bits per heavy atom. The van der Waals surface area contributed by atoms with E-state index in [4.69, 9.17) is 36.1 Å². The molecule has 2 aliphatic heterocycles. The fourth-order valence-electron chi connectivity index (χ4n) is 5.75. The van der Waals surface area contributed by atoms with Gasteiger partial charge < -0.3 is 36.1 Å². The average molecular weight is 633 g/mol. The van der Waals surface area contributed by atoms with Gasteiger partial charge in [-0.1, -0.05) is 48.5 Å². The predicted molar refractivity (Wildman–Crippen MR) is 160 cm³/mol. The van der Waals surface area contributed by atoms with Crippen molar-refractivity contribution in [2.24, 2.45) is 0 Å². The van der Waals surface area contributed by atoms with E-state index >= 15 is 0 Å². The molecule has 2 heterocycles. The van der Waals surface area contributed by atoms with Gasteiger partial charge in [-0.05, 0) is 80.2 Å². The Morgan fingerprint density at radius 3 is 1.62 bits per heavy atom. The molecule has 3 aliphatic rings. The van der Waals surface area contributed by atoms with Crippen LogP contribution in [0.4, 0.5) is 17.1 Å². The number of hydrogen-bond donors (Lipinski definition) is 3. The van der Waals surface area contributed by atoms with E-state index in [0.717, 1.165) is 43.6 Å². The Kier molecular flexibility index (Phi) is 5.87. The second kappa shape index (κ2) is 9.32. The minimum Gasteiger partial charge on any atom is -0.488 e. The normalized spacial score (nSPS) is 19.7. The fourth-order valence-corrected chi connectivity index (χ4v) is 6.55. The second-order valence-electron chi connectivity index (χ2n) is 10.2. The van der Waals surface area contributed by atoms with E-state index in [1.54, 1.807) is 0 Å². The summed E-state index contributed by atoms with van der Waals surface area (Å²) in [5.74, 6) is 1.17. The molecule has 2 atom stereocenters. The Labute approximate surface area is 240 Å². The van der Waals surface area contributed by atoms with Gasteiger partial charge in [0.2, 0.25) is 0 Å². The van der Waals surface area contributed by atoms with Gasteiger partial charge in [0.05, 0.1) is 39.3 Å². The third-order valence-corrected chi connectivity index (χ3v) is 8.47. The molecule has 8 heteroatoms. The van der Waals surface area contributed by atoms with Gasteiger partial charge in [-0.3, -0.25) is 0 Å². The van der Waals surface area contributed by atoms with Crippen molar-refractivity contribution in [1.29, 1.82) is 0 Å². The molecule has 6 N–H and O–H groups in total. The molecule has 198 valence electrons. The largest absolute Gasteiger partial charge is 0.488 e. The summed E-state index contributed by atoms with van der Waals surface area (Å²) in [5.41, 5.74) is 27.3. The molecule has 0 saturated carbocycles. The molecule has 0 amide bonds. The number of halogens is 1. The number of hydrogen-bond acceptors (Lipinski definition) is 7. The second-order valence-corrected chi connectivity index (χ2v) is 11.4. The molecule has 0 bridgehead atoms. The summed E-state index contributed by atoms with van der Waals surface area (Å²) < 4.78 is 23.6. The van der Waals surface area contributed by atoms with Gasteiger partial charge in [-0.25, -0.2) is 0 Å². The van der Waals surface area contributed by atoms with Gasteiger partial charge in [-0.2, -0.15) is 0 Å². The number of anilines is 3. The van der Waals surface area contributed by atoms with Gasteiger partial charge in [0.25, 0.3) is 0 Å². The number of nitrogens with two attached hydrogens (primary N) is 3. The summed E-state index contributed by atoms with van der Waals surface area (Å²) in [6.07, 6.45) is 0.235. The lowest BCUT2D eigenvalue weighted by Crippen LogP contribution is -2.29. The lowest BCUT2D eigenvalue weighted by Gasteiger charge is -2.35. The Hall–Kier alpha value is -3.47. The SMILES string of the molecule is Nc1cc(C2(c3cc(N)c(OCC4CO4)c(I)c3)c3ccccc3-c3ccccc32)cc(N)c1OCC1CO1. The van der Waals surface area contributed by atoms with Crippen molar-refractivity contribution in [2.75, 3.05) is 43.6 Å². The zero-order valence-electron chi connectivity index (χ0n) is 21.2. The van der Waals surface area contributed by atoms with Crippen LogP contribution in [-0.4, -0.2) is 38.6 Å². The van der Waals surface area contributed by atoms with Crippen LogP contribution in [-0.2, 0) is 14.9 Å². The molecular weight excluding hydrogens is 605 g/mol. The molecule has 1 aliphatic carbocycles. The molecule has 4 aromatic rings. The van der Waals surface area contributed by atoms with Crippen molar-refractivity contribution in [1.82, 2.24) is 0 Å². The Balaban J connectivity index is 1.45. The van der Waals surface area contributed by atoms with Crippen molar-refractivity contribution in [3.63, 3.8) is 0 Å². The summed E-state index contributed by atoms with van der Waals surface area (Å²) in [7, 11) is 0. The van der Waals surface area contributed by atoms with Crippen molar-refractivity contribution >= 4 is 39.7 Å². The number of benzene rings is 4. The van der Waals surface area contributed by atoms with Crippen molar-refractivity contribution in [3.05, 3.63) is 98.6 Å². The maximum absolute atomic E-state index is 6.68. The van der Waals surface area contributed by atoms with Crippen molar-refractivity contribution < 1.29 is 18.9 Å². The lowest BCUT2D eigenvalue weighted by molar-refractivity contribution is 0.262. The highest BCUT2D eigenvalue weighted by Gasteiger charge is 2.47. The van der Waals surface area contributed by atoms with E-state index < -0.39 is 5.41 Å². The van der Waals surface area contributed by atoms with Crippen molar-refractivity contribution in [2.45, 2.75) is 17.6 Å². The van der Waals surface area contributed by atoms with E-state index in [0.29, 0.717) is 48.4 Å². The zero-order valence-corrected chi connectivity index (χ0v) is 23.3. The van der Waals surface area contributed by atoms with Crippen molar-refractivity contribution in [3.8, 4) is 22.6 Å². The summed E-state index contributed by atoms with van der Waals surface area (Å²) in [6.45, 7) is 2.33. The van der Waals surface area contributed by atoms with Crippen LogP contribution in [0.25, 0.3) is 11.1 Å². The van der Waals surface area contributed by atoms with Crippen LogP contribution in [0.2, 0.25) is 0 Å². The molecule has 7 nitrogen and oxygen atoms in total. The highest BCUT2D eigenvalue weighted by molar-refractivity contribution is 14.1. The molecule has 0 radical (unpaired) electrons. The van der Waals surface area contributed by atoms with Crippen LogP contribution in [0.1, 0.15) is 22.3 Å². The smallest absolute Gasteiger partial charge is 0.165 e. The lowest BCUT2D eigenvalue weighted by atomic mass is 9.67.